The molecule has 0 aromatic heterocycles. The zero-order valence-corrected chi connectivity index (χ0v) is 16.7. The number of benzene rings is 3. The van der Waals surface area contributed by atoms with Gasteiger partial charge in [0.05, 0.1) is 0 Å². The number of hydrogen-bond acceptors (Lipinski definition) is 4. The van der Waals surface area contributed by atoms with Crippen LogP contribution in [0, 0.1) is 0 Å². The molecular formula is C23H26N3OP. The number of rotatable bonds is 7. The number of para-hydroxylation sites is 2. The monoisotopic (exact) mass is 391 g/mol. The molecule has 0 aliphatic carbocycles. The summed E-state index contributed by atoms with van der Waals surface area (Å²) in [4.78, 5) is 11.1. The van der Waals surface area contributed by atoms with Crippen molar-refractivity contribution in [1.82, 2.24) is 4.67 Å². The highest BCUT2D eigenvalue weighted by Gasteiger charge is 2.39. The van der Waals surface area contributed by atoms with Crippen LogP contribution >= 0.6 is 8.45 Å². The molecule has 2 unspecified atom stereocenters. The van der Waals surface area contributed by atoms with Crippen molar-refractivity contribution in [3.63, 3.8) is 0 Å². The zero-order chi connectivity index (χ0) is 19.2. The van der Waals surface area contributed by atoms with E-state index in [1.807, 2.05) is 42.5 Å². The van der Waals surface area contributed by atoms with Crippen LogP contribution in [0.1, 0.15) is 12.0 Å². The lowest BCUT2D eigenvalue weighted by molar-refractivity contribution is 0.334. The van der Waals surface area contributed by atoms with Gasteiger partial charge in [-0.25, -0.2) is 4.67 Å². The van der Waals surface area contributed by atoms with Crippen molar-refractivity contribution in [1.29, 1.82) is 0 Å². The van der Waals surface area contributed by atoms with Crippen molar-refractivity contribution in [2.24, 2.45) is 0 Å². The first-order valence-corrected chi connectivity index (χ1v) is 10.9. The van der Waals surface area contributed by atoms with Gasteiger partial charge < -0.3 is 14.9 Å². The molecule has 0 spiro atoms. The van der Waals surface area contributed by atoms with E-state index in [0.29, 0.717) is 6.04 Å². The Kier molecular flexibility index (Phi) is 6.23. The van der Waals surface area contributed by atoms with Crippen molar-refractivity contribution in [2.45, 2.75) is 19.0 Å². The van der Waals surface area contributed by atoms with Gasteiger partial charge in [0, 0.05) is 37.1 Å². The first-order valence-electron chi connectivity index (χ1n) is 9.72. The largest absolute Gasteiger partial charge is 0.385 e. The molecule has 2 N–H and O–H groups in total. The number of anilines is 2. The highest BCUT2D eigenvalue weighted by Crippen LogP contribution is 2.51. The summed E-state index contributed by atoms with van der Waals surface area (Å²) >= 11 is 0. The van der Waals surface area contributed by atoms with Gasteiger partial charge in [-0.05, 0) is 36.2 Å². The molecule has 4 nitrogen and oxygen atoms in total. The zero-order valence-electron chi connectivity index (χ0n) is 15.9. The van der Waals surface area contributed by atoms with Gasteiger partial charge in [-0.3, -0.25) is 0 Å². The maximum atomic E-state index is 11.1. The van der Waals surface area contributed by atoms with Gasteiger partial charge in [0.25, 0.3) is 0 Å². The lowest BCUT2D eigenvalue weighted by atomic mass is 10.1. The Labute approximate surface area is 168 Å². The van der Waals surface area contributed by atoms with E-state index in [1.54, 1.807) is 0 Å². The summed E-state index contributed by atoms with van der Waals surface area (Å²) < 4.78 is 4.43. The topological polar surface area (TPSA) is 38.7 Å². The second-order valence-electron chi connectivity index (χ2n) is 7.00. The van der Waals surface area contributed by atoms with Crippen molar-refractivity contribution >= 4 is 19.8 Å². The van der Waals surface area contributed by atoms with Crippen LogP contribution in [0.2, 0.25) is 0 Å². The Balaban J connectivity index is 1.47. The lowest BCUT2D eigenvalue weighted by Crippen LogP contribution is -2.29. The molecule has 4 rings (SSSR count). The van der Waals surface area contributed by atoms with Gasteiger partial charge in [-0.1, -0.05) is 66.7 Å². The first-order chi connectivity index (χ1) is 13.8. The first kappa shape index (κ1) is 18.9. The quantitative estimate of drug-likeness (QED) is 0.550. The molecule has 2 atom stereocenters. The standard InChI is InChI=1S/C23H26N3OP/c27-28-25(18-20-10-4-1-5-11-20)23(16-17-24-21-12-6-2-7-13-21)19-26(28)22-14-8-3-9-15-22/h1-15,23-24,27H,16-19H2. The van der Waals surface area contributed by atoms with E-state index in [1.165, 1.54) is 5.56 Å². The molecule has 28 heavy (non-hydrogen) atoms. The van der Waals surface area contributed by atoms with Crippen molar-refractivity contribution in [3.05, 3.63) is 96.6 Å². The molecule has 3 aromatic carbocycles. The fourth-order valence-electron chi connectivity index (χ4n) is 3.60. The molecule has 1 aliphatic rings. The van der Waals surface area contributed by atoms with Crippen LogP contribution in [0.5, 0.6) is 0 Å². The Morgan fingerprint density at radius 2 is 1.46 bits per heavy atom. The molecule has 3 aromatic rings. The minimum atomic E-state index is -1.36. The molecule has 1 saturated heterocycles. The molecule has 0 saturated carbocycles. The van der Waals surface area contributed by atoms with Gasteiger partial charge in [0.1, 0.15) is 0 Å². The molecule has 0 amide bonds. The van der Waals surface area contributed by atoms with Gasteiger partial charge in [-0.15, -0.1) is 0 Å². The average Bonchev–Trinajstić information content (AvgIpc) is 3.06. The molecule has 0 bridgehead atoms. The number of hydrogen-bond donors (Lipinski definition) is 2. The maximum Gasteiger partial charge on any atom is 0.215 e. The summed E-state index contributed by atoms with van der Waals surface area (Å²) in [5.41, 5.74) is 3.47. The Morgan fingerprint density at radius 1 is 0.857 bits per heavy atom. The molecule has 0 radical (unpaired) electrons. The van der Waals surface area contributed by atoms with E-state index >= 15 is 0 Å². The van der Waals surface area contributed by atoms with Crippen LogP contribution in [-0.2, 0) is 6.54 Å². The molecule has 1 fully saturated rings. The van der Waals surface area contributed by atoms with Gasteiger partial charge in [0.15, 0.2) is 0 Å². The summed E-state index contributed by atoms with van der Waals surface area (Å²) in [6.07, 6.45) is 0.977. The number of nitrogens with one attached hydrogen (secondary N) is 1. The molecule has 144 valence electrons. The predicted molar refractivity (Wildman–Crippen MR) is 118 cm³/mol. The van der Waals surface area contributed by atoms with E-state index < -0.39 is 8.45 Å². The van der Waals surface area contributed by atoms with E-state index in [2.05, 4.69) is 63.2 Å². The summed E-state index contributed by atoms with van der Waals surface area (Å²) in [5.74, 6) is 0. The van der Waals surface area contributed by atoms with Crippen LogP contribution in [0.25, 0.3) is 0 Å². The van der Waals surface area contributed by atoms with Crippen LogP contribution in [0.3, 0.4) is 0 Å². The van der Waals surface area contributed by atoms with E-state index in [9.17, 15) is 4.89 Å². The Bertz CT molecular complexity index is 847. The van der Waals surface area contributed by atoms with Crippen molar-refractivity contribution < 1.29 is 4.89 Å². The van der Waals surface area contributed by atoms with Crippen molar-refractivity contribution in [3.8, 4) is 0 Å². The average molecular weight is 391 g/mol. The predicted octanol–water partition coefficient (Wildman–Crippen LogP) is 5.10. The Morgan fingerprint density at radius 3 is 2.14 bits per heavy atom. The summed E-state index contributed by atoms with van der Waals surface area (Å²) in [7, 11) is -1.36. The summed E-state index contributed by atoms with van der Waals surface area (Å²) in [5, 5.41) is 3.51. The number of nitrogens with zero attached hydrogens (tertiary/aromatic N) is 2. The maximum absolute atomic E-state index is 11.1. The van der Waals surface area contributed by atoms with E-state index in [4.69, 9.17) is 0 Å². The van der Waals surface area contributed by atoms with Gasteiger partial charge >= 0.3 is 0 Å². The third-order valence-corrected chi connectivity index (χ3v) is 6.83. The van der Waals surface area contributed by atoms with Crippen LogP contribution < -0.4 is 9.99 Å². The van der Waals surface area contributed by atoms with Gasteiger partial charge in [-0.2, -0.15) is 0 Å². The molecule has 5 heteroatoms. The third-order valence-electron chi connectivity index (χ3n) is 5.07. The minimum Gasteiger partial charge on any atom is -0.385 e. The van der Waals surface area contributed by atoms with E-state index in [0.717, 1.165) is 37.4 Å². The fraction of sp³-hybridized carbons (Fsp3) is 0.217. The highest BCUT2D eigenvalue weighted by molar-refractivity contribution is 7.51. The molecule has 1 heterocycles. The summed E-state index contributed by atoms with van der Waals surface area (Å²) in [6, 6.07) is 31.3. The normalized spacial score (nSPS) is 19.7. The fourth-order valence-corrected chi connectivity index (χ4v) is 5.32. The van der Waals surface area contributed by atoms with Crippen LogP contribution in [0.15, 0.2) is 91.0 Å². The minimum absolute atomic E-state index is 0.299. The van der Waals surface area contributed by atoms with Crippen LogP contribution in [-0.4, -0.2) is 28.7 Å². The third kappa shape index (κ3) is 4.53. The smallest absolute Gasteiger partial charge is 0.215 e. The second kappa shape index (κ2) is 9.20. The van der Waals surface area contributed by atoms with Crippen molar-refractivity contribution in [2.75, 3.05) is 23.1 Å². The Hall–Kier alpha value is -2.39. The summed E-state index contributed by atoms with van der Waals surface area (Å²) in [6.45, 7) is 2.49. The molecular weight excluding hydrogens is 365 g/mol. The van der Waals surface area contributed by atoms with Gasteiger partial charge in [0.2, 0.25) is 8.45 Å². The van der Waals surface area contributed by atoms with Crippen LogP contribution in [0.4, 0.5) is 11.4 Å². The second-order valence-corrected chi connectivity index (χ2v) is 8.54. The molecule has 1 aliphatic heterocycles. The lowest BCUT2D eigenvalue weighted by Gasteiger charge is -2.27. The SMILES string of the molecule is OP1N(c2ccccc2)CC(CCNc2ccccc2)N1Cc1ccccc1. The van der Waals surface area contributed by atoms with E-state index in [-0.39, 0.29) is 0 Å². The highest BCUT2D eigenvalue weighted by atomic mass is 31.2.